The molecule has 1 N–H and O–H groups in total. The summed E-state index contributed by atoms with van der Waals surface area (Å²) in [4.78, 5) is 20.0. The smallest absolute Gasteiger partial charge is 0.328 e. The second kappa shape index (κ2) is 8.50. The third-order valence-corrected chi connectivity index (χ3v) is 7.65. The van der Waals surface area contributed by atoms with Crippen LogP contribution in [0.5, 0.6) is 0 Å². The molecule has 1 aliphatic heterocycles. The average Bonchev–Trinajstić information content (AvgIpc) is 3.52. The zero-order valence-corrected chi connectivity index (χ0v) is 23.7. The van der Waals surface area contributed by atoms with Crippen LogP contribution in [0.15, 0.2) is 41.5 Å². The van der Waals surface area contributed by atoms with Crippen LogP contribution in [0.25, 0.3) is 33.4 Å². The van der Waals surface area contributed by atoms with Crippen LogP contribution in [0.1, 0.15) is 51.1 Å². The molecule has 0 unspecified atom stereocenters. The molecule has 5 aromatic rings. The minimum atomic E-state index is -2.73. The molecule has 1 fully saturated rings. The van der Waals surface area contributed by atoms with Gasteiger partial charge in [-0.05, 0) is 43.7 Å². The lowest BCUT2D eigenvalue weighted by Gasteiger charge is -2.46. The molecule has 0 atom stereocenters. The van der Waals surface area contributed by atoms with Gasteiger partial charge in [0.2, 0.25) is 0 Å². The monoisotopic (exact) mass is 549 g/mol. The van der Waals surface area contributed by atoms with Crippen LogP contribution in [-0.4, -0.2) is 52.3 Å². The van der Waals surface area contributed by atoms with Crippen LogP contribution in [-0.2, 0) is 19.5 Å². The first-order valence-electron chi connectivity index (χ1n) is 13.2. The first-order valence-corrected chi connectivity index (χ1v) is 13.2. The number of aromatic nitrogens is 6. The van der Waals surface area contributed by atoms with Crippen molar-refractivity contribution in [3.63, 3.8) is 0 Å². The Balaban J connectivity index is 1.68. The normalized spacial score (nSPS) is 15.5. The van der Waals surface area contributed by atoms with E-state index in [1.807, 2.05) is 49.3 Å². The van der Waals surface area contributed by atoms with Gasteiger partial charge < -0.3 is 10.0 Å². The van der Waals surface area contributed by atoms with Crippen molar-refractivity contribution >= 4 is 27.8 Å². The van der Waals surface area contributed by atoms with Crippen molar-refractivity contribution in [2.24, 2.45) is 14.1 Å². The van der Waals surface area contributed by atoms with E-state index in [-0.39, 0.29) is 16.9 Å². The second-order valence-corrected chi connectivity index (χ2v) is 12.3. The first-order chi connectivity index (χ1) is 18.7. The van der Waals surface area contributed by atoms with Crippen LogP contribution in [0.3, 0.4) is 0 Å². The number of halogens is 2. The molecule has 0 aliphatic carbocycles. The van der Waals surface area contributed by atoms with Crippen LogP contribution < -0.4 is 10.6 Å². The summed E-state index contributed by atoms with van der Waals surface area (Å²) < 4.78 is 35.5. The molecule has 6 rings (SSSR count). The molecule has 0 radical (unpaired) electrons. The number of alkyl halides is 2. The SMILES string of the molecule is Cc1cnn(-c2cc3nc(C(C)(C)C)n(-c4cc(N5CC(C)(O)C5)c5c(c4)n(C)c(=O)n5C)c3cc2C(F)F)c1. The average molecular weight is 550 g/mol. The fourth-order valence-corrected chi connectivity index (χ4v) is 5.74. The number of aryl methyl sites for hydroxylation is 3. The number of benzene rings is 2. The Morgan fingerprint density at radius 1 is 1.02 bits per heavy atom. The number of rotatable bonds is 4. The van der Waals surface area contributed by atoms with E-state index in [0.717, 1.165) is 16.8 Å². The van der Waals surface area contributed by atoms with Crippen molar-refractivity contribution < 1.29 is 13.9 Å². The van der Waals surface area contributed by atoms with E-state index in [9.17, 15) is 18.7 Å². The molecular formula is C29H33F2N7O2. The zero-order chi connectivity index (χ0) is 28.9. The Morgan fingerprint density at radius 2 is 1.73 bits per heavy atom. The van der Waals surface area contributed by atoms with Crippen molar-refractivity contribution in [1.82, 2.24) is 28.5 Å². The van der Waals surface area contributed by atoms with Gasteiger partial charge in [-0.25, -0.2) is 23.2 Å². The van der Waals surface area contributed by atoms with Gasteiger partial charge in [0.25, 0.3) is 6.43 Å². The Hall–Kier alpha value is -3.99. The van der Waals surface area contributed by atoms with Crippen molar-refractivity contribution in [1.29, 1.82) is 0 Å². The van der Waals surface area contributed by atoms with Gasteiger partial charge in [0.05, 0.1) is 50.9 Å². The van der Waals surface area contributed by atoms with Crippen LogP contribution in [0, 0.1) is 6.92 Å². The third-order valence-electron chi connectivity index (χ3n) is 7.65. The number of imidazole rings is 2. The molecule has 40 heavy (non-hydrogen) atoms. The molecule has 0 spiro atoms. The molecule has 0 bridgehead atoms. The minimum Gasteiger partial charge on any atom is -0.386 e. The lowest BCUT2D eigenvalue weighted by Crippen LogP contribution is -2.60. The predicted molar refractivity (Wildman–Crippen MR) is 151 cm³/mol. The standard InChI is InChI=1S/C29H33F2N7O2/c1-16-12-32-37(13-16)20-11-19-21(10-18(20)25(30)31)38(26(33-19)28(2,3)4)17-8-22-24(35(7)27(39)34(22)6)23(9-17)36-14-29(5,40)15-36/h8-13,25,40H,14-15H2,1-7H3. The van der Waals surface area contributed by atoms with Gasteiger partial charge in [0, 0.05) is 44.4 Å². The molecule has 1 aliphatic rings. The number of aliphatic hydroxyl groups is 1. The maximum absolute atomic E-state index is 14.5. The van der Waals surface area contributed by atoms with E-state index in [2.05, 4.69) is 5.10 Å². The minimum absolute atomic E-state index is 0.149. The van der Waals surface area contributed by atoms with Gasteiger partial charge >= 0.3 is 5.69 Å². The summed E-state index contributed by atoms with van der Waals surface area (Å²) in [6.45, 7) is 10.5. The maximum atomic E-state index is 14.5. The predicted octanol–water partition coefficient (Wildman–Crippen LogP) is 4.52. The summed E-state index contributed by atoms with van der Waals surface area (Å²) in [5.74, 6) is 0.693. The highest BCUT2D eigenvalue weighted by Gasteiger charge is 2.38. The fraction of sp³-hybridized carbons (Fsp3) is 0.414. The quantitative estimate of drug-likeness (QED) is 0.357. The van der Waals surface area contributed by atoms with E-state index < -0.39 is 17.4 Å². The Kier molecular flexibility index (Phi) is 5.58. The molecular weight excluding hydrogens is 516 g/mol. The van der Waals surface area contributed by atoms with E-state index in [0.29, 0.717) is 41.2 Å². The number of anilines is 1. The zero-order valence-electron chi connectivity index (χ0n) is 23.7. The molecule has 3 aromatic heterocycles. The largest absolute Gasteiger partial charge is 0.386 e. The number of β-amino-alcohol motifs (C(OH)–C–C–N with tert-alkyl or cyclic N) is 1. The molecule has 0 saturated carbocycles. The van der Waals surface area contributed by atoms with Crippen LogP contribution in [0.2, 0.25) is 0 Å². The third kappa shape index (κ3) is 3.94. The van der Waals surface area contributed by atoms with Gasteiger partial charge in [-0.1, -0.05) is 20.8 Å². The topological polar surface area (TPSA) is 86.0 Å². The highest BCUT2D eigenvalue weighted by molar-refractivity contribution is 5.93. The summed E-state index contributed by atoms with van der Waals surface area (Å²) in [6.07, 6.45) is 0.612. The maximum Gasteiger partial charge on any atom is 0.328 e. The lowest BCUT2D eigenvalue weighted by atomic mass is 9.95. The van der Waals surface area contributed by atoms with Gasteiger partial charge in [-0.2, -0.15) is 5.10 Å². The molecule has 11 heteroatoms. The summed E-state index contributed by atoms with van der Waals surface area (Å²) in [5.41, 5.74) is 3.59. The van der Waals surface area contributed by atoms with Crippen molar-refractivity contribution in [2.45, 2.75) is 52.1 Å². The van der Waals surface area contributed by atoms with E-state index >= 15 is 0 Å². The number of hydrogen-bond acceptors (Lipinski definition) is 5. The summed E-state index contributed by atoms with van der Waals surface area (Å²) in [7, 11) is 3.45. The van der Waals surface area contributed by atoms with Crippen molar-refractivity contribution in [3.05, 3.63) is 64.1 Å². The second-order valence-electron chi connectivity index (χ2n) is 12.3. The van der Waals surface area contributed by atoms with Gasteiger partial charge in [-0.15, -0.1) is 0 Å². The number of hydrogen-bond donors (Lipinski definition) is 1. The van der Waals surface area contributed by atoms with Gasteiger partial charge in [0.1, 0.15) is 5.82 Å². The Morgan fingerprint density at radius 3 is 2.30 bits per heavy atom. The van der Waals surface area contributed by atoms with Gasteiger partial charge in [-0.3, -0.25) is 13.7 Å². The Bertz CT molecular complexity index is 1860. The van der Waals surface area contributed by atoms with E-state index in [1.165, 1.54) is 10.7 Å². The molecule has 2 aromatic carbocycles. The van der Waals surface area contributed by atoms with E-state index in [1.54, 1.807) is 48.6 Å². The molecule has 4 heterocycles. The highest BCUT2D eigenvalue weighted by atomic mass is 19.3. The molecule has 0 amide bonds. The first kappa shape index (κ1) is 26.2. The number of nitrogens with zero attached hydrogens (tertiary/aromatic N) is 7. The summed E-state index contributed by atoms with van der Waals surface area (Å²) >= 11 is 0. The molecule has 1 saturated heterocycles. The Labute approximate surface area is 229 Å². The fourth-order valence-electron chi connectivity index (χ4n) is 5.74. The lowest BCUT2D eigenvalue weighted by molar-refractivity contribution is 0.0312. The summed E-state index contributed by atoms with van der Waals surface area (Å²) in [5, 5.41) is 14.8. The summed E-state index contributed by atoms with van der Waals surface area (Å²) in [6, 6.07) is 7.03. The van der Waals surface area contributed by atoms with Crippen molar-refractivity contribution in [2.75, 3.05) is 18.0 Å². The van der Waals surface area contributed by atoms with E-state index in [4.69, 9.17) is 4.98 Å². The van der Waals surface area contributed by atoms with Crippen LogP contribution >= 0.6 is 0 Å². The van der Waals surface area contributed by atoms with Gasteiger partial charge in [0.15, 0.2) is 0 Å². The molecule has 210 valence electrons. The number of fused-ring (bicyclic) bond motifs is 2. The van der Waals surface area contributed by atoms with Crippen molar-refractivity contribution in [3.8, 4) is 11.4 Å². The highest BCUT2D eigenvalue weighted by Crippen LogP contribution is 2.39. The molecule has 9 nitrogen and oxygen atoms in total. The van der Waals surface area contributed by atoms with Crippen LogP contribution in [0.4, 0.5) is 14.5 Å².